The Bertz CT molecular complexity index is 588. The Morgan fingerprint density at radius 2 is 2.12 bits per heavy atom. The molecule has 0 spiro atoms. The van der Waals surface area contributed by atoms with Crippen molar-refractivity contribution in [2.75, 3.05) is 26.7 Å². The van der Waals surface area contributed by atoms with Crippen molar-refractivity contribution >= 4 is 29.9 Å². The molecule has 1 aromatic rings. The van der Waals surface area contributed by atoms with E-state index in [2.05, 4.69) is 5.32 Å². The molecule has 1 aliphatic heterocycles. The first kappa shape index (κ1) is 19.9. The van der Waals surface area contributed by atoms with E-state index in [9.17, 15) is 14.9 Å². The molecule has 2 rings (SSSR count). The van der Waals surface area contributed by atoms with E-state index in [1.807, 2.05) is 0 Å². The molecule has 0 aliphatic carbocycles. The molecule has 132 valence electrons. The third kappa shape index (κ3) is 5.47. The minimum Gasteiger partial charge on any atom is -0.455 e. The van der Waals surface area contributed by atoms with Crippen molar-refractivity contribution in [3.05, 3.63) is 39.9 Å². The lowest BCUT2D eigenvalue weighted by Crippen LogP contribution is -2.37. The summed E-state index contributed by atoms with van der Waals surface area (Å²) in [6, 6.07) is 5.77. The fourth-order valence-corrected chi connectivity index (χ4v) is 2.44. The highest BCUT2D eigenvalue weighted by Crippen LogP contribution is 2.13. The van der Waals surface area contributed by atoms with Crippen LogP contribution in [-0.2, 0) is 16.1 Å². The van der Waals surface area contributed by atoms with Gasteiger partial charge in [-0.05, 0) is 43.1 Å². The Labute approximate surface area is 146 Å². The second-order valence-corrected chi connectivity index (χ2v) is 5.59. The van der Waals surface area contributed by atoms with Crippen molar-refractivity contribution in [3.8, 4) is 0 Å². The van der Waals surface area contributed by atoms with Crippen molar-refractivity contribution in [1.82, 2.24) is 10.2 Å². The van der Waals surface area contributed by atoms with E-state index in [4.69, 9.17) is 10.1 Å². The molecule has 1 atom stereocenters. The van der Waals surface area contributed by atoms with Gasteiger partial charge in [0.25, 0.3) is 5.69 Å². The number of nitro benzene ring substituents is 1. The van der Waals surface area contributed by atoms with E-state index < -0.39 is 10.9 Å². The van der Waals surface area contributed by atoms with Crippen LogP contribution in [0.1, 0.15) is 12.0 Å². The third-order valence-corrected chi connectivity index (χ3v) is 3.79. The molecular formula is C15H21ClN4O4. The number of benzene rings is 1. The standard InChI is InChI=1S/C15H20N4O4.ClH/c1-18(9-12-6-7-17-8-12)14(16)15(20)23-10-11-2-4-13(5-3-11)19(21)22;/h2-5,12,16-17H,6-10H2,1H3;1H/t12-;/m0./s1. The predicted molar refractivity (Wildman–Crippen MR) is 91.5 cm³/mol. The summed E-state index contributed by atoms with van der Waals surface area (Å²) < 4.78 is 5.09. The summed E-state index contributed by atoms with van der Waals surface area (Å²) in [7, 11) is 1.70. The van der Waals surface area contributed by atoms with Gasteiger partial charge in [-0.25, -0.2) is 4.79 Å². The lowest BCUT2D eigenvalue weighted by Gasteiger charge is -2.21. The van der Waals surface area contributed by atoms with Gasteiger partial charge in [-0.15, -0.1) is 12.4 Å². The lowest BCUT2D eigenvalue weighted by molar-refractivity contribution is -0.384. The van der Waals surface area contributed by atoms with E-state index in [1.165, 1.54) is 24.3 Å². The van der Waals surface area contributed by atoms with Crippen LogP contribution in [0, 0.1) is 21.4 Å². The molecule has 1 heterocycles. The maximum Gasteiger partial charge on any atom is 0.373 e. The fraction of sp³-hybridized carbons (Fsp3) is 0.467. The monoisotopic (exact) mass is 356 g/mol. The minimum absolute atomic E-state index is 0. The largest absolute Gasteiger partial charge is 0.455 e. The SMILES string of the molecule is CN(C[C@H]1CCNC1)C(=N)C(=O)OCc1ccc([N+](=O)[O-])cc1.Cl. The number of carbonyl (C=O) groups excluding carboxylic acids is 1. The number of likely N-dealkylation sites (N-methyl/N-ethyl adjacent to an activating group) is 1. The van der Waals surface area contributed by atoms with Crippen LogP contribution in [0.3, 0.4) is 0 Å². The number of ether oxygens (including phenoxy) is 1. The fourth-order valence-electron chi connectivity index (χ4n) is 2.44. The second-order valence-electron chi connectivity index (χ2n) is 5.59. The zero-order chi connectivity index (χ0) is 16.8. The smallest absolute Gasteiger partial charge is 0.373 e. The van der Waals surface area contributed by atoms with Crippen molar-refractivity contribution in [3.63, 3.8) is 0 Å². The quantitative estimate of drug-likeness (QED) is 0.272. The summed E-state index contributed by atoms with van der Waals surface area (Å²) >= 11 is 0. The van der Waals surface area contributed by atoms with Crippen LogP contribution in [0.25, 0.3) is 0 Å². The Balaban J connectivity index is 0.00000288. The summed E-state index contributed by atoms with van der Waals surface area (Å²) in [4.78, 5) is 23.6. The van der Waals surface area contributed by atoms with Crippen LogP contribution in [0.5, 0.6) is 0 Å². The molecule has 9 heteroatoms. The molecule has 0 unspecified atom stereocenters. The van der Waals surface area contributed by atoms with E-state index in [1.54, 1.807) is 11.9 Å². The minimum atomic E-state index is -0.697. The Morgan fingerprint density at radius 3 is 2.67 bits per heavy atom. The Morgan fingerprint density at radius 1 is 1.46 bits per heavy atom. The van der Waals surface area contributed by atoms with Gasteiger partial charge in [-0.3, -0.25) is 15.5 Å². The lowest BCUT2D eigenvalue weighted by atomic mass is 10.1. The van der Waals surface area contributed by atoms with Crippen molar-refractivity contribution in [1.29, 1.82) is 5.41 Å². The van der Waals surface area contributed by atoms with Crippen LogP contribution < -0.4 is 5.32 Å². The highest BCUT2D eigenvalue weighted by Gasteiger charge is 2.21. The molecule has 0 aromatic heterocycles. The summed E-state index contributed by atoms with van der Waals surface area (Å²) in [5, 5.41) is 21.7. The number of non-ortho nitro benzene ring substituents is 1. The van der Waals surface area contributed by atoms with Crippen molar-refractivity contribution < 1.29 is 14.5 Å². The summed E-state index contributed by atoms with van der Waals surface area (Å²) in [6.07, 6.45) is 1.04. The predicted octanol–water partition coefficient (Wildman–Crippen LogP) is 1.58. The Hall–Kier alpha value is -2.19. The first-order chi connectivity index (χ1) is 11.0. The molecule has 2 N–H and O–H groups in total. The van der Waals surface area contributed by atoms with E-state index in [0.717, 1.165) is 19.5 Å². The molecule has 0 amide bonds. The highest BCUT2D eigenvalue weighted by molar-refractivity contribution is 6.33. The Kier molecular flexibility index (Phi) is 7.60. The number of hydrogen-bond acceptors (Lipinski definition) is 6. The van der Waals surface area contributed by atoms with Crippen LogP contribution in [0.15, 0.2) is 24.3 Å². The van der Waals surface area contributed by atoms with E-state index in [0.29, 0.717) is 18.0 Å². The van der Waals surface area contributed by atoms with Gasteiger partial charge in [0.05, 0.1) is 4.92 Å². The maximum atomic E-state index is 11.9. The zero-order valence-electron chi connectivity index (χ0n) is 13.4. The van der Waals surface area contributed by atoms with Crippen molar-refractivity contribution in [2.45, 2.75) is 13.0 Å². The maximum absolute atomic E-state index is 11.9. The van der Waals surface area contributed by atoms with Gasteiger partial charge >= 0.3 is 5.97 Å². The molecule has 8 nitrogen and oxygen atoms in total. The van der Waals surface area contributed by atoms with E-state index in [-0.39, 0.29) is 30.5 Å². The second kappa shape index (κ2) is 9.19. The summed E-state index contributed by atoms with van der Waals surface area (Å²) in [6.45, 7) is 2.49. The number of amidine groups is 1. The molecule has 1 saturated heterocycles. The molecule has 1 fully saturated rings. The summed E-state index contributed by atoms with van der Waals surface area (Å²) in [5.74, 6) is -0.446. The average molecular weight is 357 g/mol. The van der Waals surface area contributed by atoms with Gasteiger partial charge in [0.1, 0.15) is 6.61 Å². The van der Waals surface area contributed by atoms with Gasteiger partial charge in [-0.1, -0.05) is 0 Å². The molecular weight excluding hydrogens is 336 g/mol. The van der Waals surface area contributed by atoms with Gasteiger partial charge < -0.3 is 15.0 Å². The van der Waals surface area contributed by atoms with Gasteiger partial charge in [-0.2, -0.15) is 0 Å². The first-order valence-electron chi connectivity index (χ1n) is 7.38. The van der Waals surface area contributed by atoms with Crippen LogP contribution in [-0.4, -0.2) is 48.3 Å². The number of nitrogens with zero attached hydrogens (tertiary/aromatic N) is 2. The van der Waals surface area contributed by atoms with Gasteiger partial charge in [0.2, 0.25) is 5.84 Å². The first-order valence-corrected chi connectivity index (χ1v) is 7.38. The number of carbonyl (C=O) groups is 1. The molecule has 0 saturated carbocycles. The van der Waals surface area contributed by atoms with Crippen LogP contribution >= 0.6 is 12.4 Å². The van der Waals surface area contributed by atoms with Gasteiger partial charge in [0.15, 0.2) is 0 Å². The average Bonchev–Trinajstić information content (AvgIpc) is 3.05. The molecule has 1 aromatic carbocycles. The number of esters is 1. The van der Waals surface area contributed by atoms with E-state index >= 15 is 0 Å². The molecule has 0 radical (unpaired) electrons. The van der Waals surface area contributed by atoms with Crippen molar-refractivity contribution in [2.24, 2.45) is 5.92 Å². The number of halogens is 1. The zero-order valence-corrected chi connectivity index (χ0v) is 14.2. The number of hydrogen-bond donors (Lipinski definition) is 2. The number of nitro groups is 1. The van der Waals surface area contributed by atoms with Crippen LogP contribution in [0.4, 0.5) is 5.69 Å². The molecule has 1 aliphatic rings. The third-order valence-electron chi connectivity index (χ3n) is 3.79. The van der Waals surface area contributed by atoms with Gasteiger partial charge in [0, 0.05) is 25.7 Å². The van der Waals surface area contributed by atoms with Crippen LogP contribution in [0.2, 0.25) is 0 Å². The highest BCUT2D eigenvalue weighted by atomic mass is 35.5. The topological polar surface area (TPSA) is 109 Å². The summed E-state index contributed by atoms with van der Waals surface area (Å²) in [5.41, 5.74) is 0.622. The normalized spacial score (nSPS) is 16.1. The molecule has 0 bridgehead atoms. The molecule has 24 heavy (non-hydrogen) atoms. The number of nitrogens with one attached hydrogen (secondary N) is 2. The number of rotatable bonds is 5.